The van der Waals surface area contributed by atoms with Crippen molar-refractivity contribution < 1.29 is 4.79 Å². The Morgan fingerprint density at radius 2 is 1.81 bits per heavy atom. The summed E-state index contributed by atoms with van der Waals surface area (Å²) < 4.78 is 0. The molecule has 1 fully saturated rings. The van der Waals surface area contributed by atoms with Crippen LogP contribution in [0.25, 0.3) is 10.4 Å². The third-order valence-electron chi connectivity index (χ3n) is 4.50. The highest BCUT2D eigenvalue weighted by molar-refractivity contribution is 5.96. The van der Waals surface area contributed by atoms with E-state index in [9.17, 15) is 4.79 Å². The van der Waals surface area contributed by atoms with E-state index in [1.165, 1.54) is 5.56 Å². The van der Waals surface area contributed by atoms with Gasteiger partial charge in [0.2, 0.25) is 5.78 Å². The Balaban J connectivity index is 1.63. The summed E-state index contributed by atoms with van der Waals surface area (Å²) in [5, 5.41) is 3.91. The van der Waals surface area contributed by atoms with Gasteiger partial charge in [0.1, 0.15) is 0 Å². The van der Waals surface area contributed by atoms with Gasteiger partial charge >= 0.3 is 0 Å². The number of carbonyl (C=O) groups excluding carboxylic acids is 1. The molecule has 0 unspecified atom stereocenters. The fourth-order valence-electron chi connectivity index (χ4n) is 3.26. The number of likely N-dealkylation sites (tertiary alicyclic amines) is 1. The summed E-state index contributed by atoms with van der Waals surface area (Å²) in [5.74, 6) is 5.50. The normalized spacial score (nSPS) is 19.2. The van der Waals surface area contributed by atoms with Crippen LogP contribution in [0.3, 0.4) is 0 Å². The van der Waals surface area contributed by atoms with E-state index in [-0.39, 0.29) is 17.7 Å². The molecule has 2 aromatic carbocycles. The van der Waals surface area contributed by atoms with Crippen molar-refractivity contribution in [3.63, 3.8) is 0 Å². The molecule has 26 heavy (non-hydrogen) atoms. The van der Waals surface area contributed by atoms with Crippen molar-refractivity contribution in [3.05, 3.63) is 82.2 Å². The van der Waals surface area contributed by atoms with Gasteiger partial charge < -0.3 is 0 Å². The molecule has 130 valence electrons. The largest absolute Gasteiger partial charge is 0.298 e. The number of nitrogens with zero attached hydrogens (tertiary/aromatic N) is 4. The maximum Gasteiger partial charge on any atom is 0.206 e. The van der Waals surface area contributed by atoms with Crippen LogP contribution in [0.1, 0.15) is 17.5 Å². The summed E-state index contributed by atoms with van der Waals surface area (Å²) >= 11 is 0. The molecule has 2 atom stereocenters. The first-order valence-corrected chi connectivity index (χ1v) is 8.65. The van der Waals surface area contributed by atoms with Crippen molar-refractivity contribution in [3.8, 4) is 11.8 Å². The molecular formula is C21H20N4O. The number of carbonyl (C=O) groups is 1. The van der Waals surface area contributed by atoms with E-state index in [0.717, 1.165) is 18.7 Å². The minimum atomic E-state index is -0.189. The molecule has 2 aromatic rings. The summed E-state index contributed by atoms with van der Waals surface area (Å²) in [6.07, 6.45) is 0.314. The third-order valence-corrected chi connectivity index (χ3v) is 4.50. The van der Waals surface area contributed by atoms with Gasteiger partial charge in [-0.3, -0.25) is 9.69 Å². The lowest BCUT2D eigenvalue weighted by atomic mass is 9.98. The Kier molecular flexibility index (Phi) is 6.05. The van der Waals surface area contributed by atoms with E-state index in [4.69, 9.17) is 5.53 Å². The highest BCUT2D eigenvalue weighted by Gasteiger charge is 2.33. The van der Waals surface area contributed by atoms with Crippen molar-refractivity contribution in [1.29, 1.82) is 0 Å². The molecule has 1 heterocycles. The van der Waals surface area contributed by atoms with Gasteiger partial charge in [-0.1, -0.05) is 59.6 Å². The highest BCUT2D eigenvalue weighted by atomic mass is 16.1. The minimum absolute atomic E-state index is 0.00665. The molecule has 5 heteroatoms. The molecule has 0 radical (unpaired) electrons. The topological polar surface area (TPSA) is 69.1 Å². The summed E-state index contributed by atoms with van der Waals surface area (Å²) in [6.45, 7) is 2.19. The van der Waals surface area contributed by atoms with Crippen molar-refractivity contribution >= 4 is 5.78 Å². The van der Waals surface area contributed by atoms with E-state index in [1.54, 1.807) is 0 Å². The number of hydrogen-bond acceptors (Lipinski definition) is 3. The van der Waals surface area contributed by atoms with Crippen LogP contribution in [0.5, 0.6) is 0 Å². The quantitative estimate of drug-likeness (QED) is 0.358. The second-order valence-corrected chi connectivity index (χ2v) is 6.46. The molecule has 1 aliphatic heterocycles. The molecule has 0 amide bonds. The SMILES string of the molecule is [N-]=[N+]=N[C@@H]1CN(Cc2ccccc2)C[C@@H]1CC(=O)C#Cc1ccccc1. The third kappa shape index (κ3) is 4.97. The van der Waals surface area contributed by atoms with Crippen molar-refractivity contribution in [1.82, 2.24) is 4.90 Å². The van der Waals surface area contributed by atoms with Crippen molar-refractivity contribution in [2.45, 2.75) is 19.0 Å². The molecule has 0 bridgehead atoms. The van der Waals surface area contributed by atoms with E-state index >= 15 is 0 Å². The van der Waals surface area contributed by atoms with E-state index in [2.05, 4.69) is 38.9 Å². The number of benzene rings is 2. The molecule has 0 aliphatic carbocycles. The monoisotopic (exact) mass is 344 g/mol. The Morgan fingerprint density at radius 3 is 2.50 bits per heavy atom. The first-order chi connectivity index (χ1) is 12.7. The van der Waals surface area contributed by atoms with Crippen molar-refractivity contribution in [2.24, 2.45) is 11.0 Å². The van der Waals surface area contributed by atoms with Crippen molar-refractivity contribution in [2.75, 3.05) is 13.1 Å². The van der Waals surface area contributed by atoms with Crippen LogP contribution in [0.2, 0.25) is 0 Å². The van der Waals surface area contributed by atoms with E-state index < -0.39 is 0 Å². The molecule has 5 nitrogen and oxygen atoms in total. The van der Waals surface area contributed by atoms with Crippen LogP contribution < -0.4 is 0 Å². The first kappa shape index (κ1) is 17.8. The fourth-order valence-corrected chi connectivity index (χ4v) is 3.26. The summed E-state index contributed by atoms with van der Waals surface area (Å²) in [7, 11) is 0. The maximum atomic E-state index is 12.3. The smallest absolute Gasteiger partial charge is 0.206 e. The summed E-state index contributed by atoms with van der Waals surface area (Å²) in [4.78, 5) is 17.5. The molecule has 0 aromatic heterocycles. The van der Waals surface area contributed by atoms with Crippen LogP contribution in [-0.4, -0.2) is 29.8 Å². The number of rotatable bonds is 5. The van der Waals surface area contributed by atoms with Gasteiger partial charge in [-0.25, -0.2) is 0 Å². The average Bonchev–Trinajstić information content (AvgIpc) is 3.03. The van der Waals surface area contributed by atoms with Crippen LogP contribution in [0, 0.1) is 17.8 Å². The Morgan fingerprint density at radius 1 is 1.12 bits per heavy atom. The predicted octanol–water partition coefficient (Wildman–Crippen LogP) is 3.81. The van der Waals surface area contributed by atoms with Gasteiger partial charge in [0.05, 0.1) is 6.04 Å². The zero-order chi connectivity index (χ0) is 18.2. The summed E-state index contributed by atoms with van der Waals surface area (Å²) in [6, 6.07) is 19.4. The minimum Gasteiger partial charge on any atom is -0.298 e. The number of azide groups is 1. The molecule has 1 saturated heterocycles. The predicted molar refractivity (Wildman–Crippen MR) is 101 cm³/mol. The van der Waals surface area contributed by atoms with E-state index in [0.29, 0.717) is 13.0 Å². The molecular weight excluding hydrogens is 324 g/mol. The molecule has 0 saturated carbocycles. The van der Waals surface area contributed by atoms with E-state index in [1.807, 2.05) is 48.5 Å². The van der Waals surface area contributed by atoms with Gasteiger partial charge in [0.15, 0.2) is 0 Å². The summed E-state index contributed by atoms with van der Waals surface area (Å²) in [5.41, 5.74) is 10.9. The van der Waals surface area contributed by atoms with Gasteiger partial charge in [-0.15, -0.1) is 0 Å². The molecule has 0 N–H and O–H groups in total. The molecule has 0 spiro atoms. The average molecular weight is 344 g/mol. The number of hydrogen-bond donors (Lipinski definition) is 0. The zero-order valence-electron chi connectivity index (χ0n) is 14.5. The molecule has 1 aliphatic rings. The van der Waals surface area contributed by atoms with Crippen LogP contribution >= 0.6 is 0 Å². The standard InChI is InChI=1S/C21H20N4O/c22-24-23-21-16-25(14-18-9-5-2-6-10-18)15-19(21)13-20(26)12-11-17-7-3-1-4-8-17/h1-10,19,21H,13-16H2/t19-,21+/m0/s1. The van der Waals surface area contributed by atoms with Crippen LogP contribution in [0.4, 0.5) is 0 Å². The number of ketones is 1. The van der Waals surface area contributed by atoms with Gasteiger partial charge in [0, 0.05) is 36.5 Å². The highest BCUT2D eigenvalue weighted by Crippen LogP contribution is 2.25. The lowest BCUT2D eigenvalue weighted by Gasteiger charge is -2.15. The Hall–Kier alpha value is -3.06. The fraction of sp³-hybridized carbons (Fsp3) is 0.286. The van der Waals surface area contributed by atoms with Gasteiger partial charge in [0.25, 0.3) is 0 Å². The molecule has 3 rings (SSSR count). The Labute approximate surface area is 153 Å². The Bertz CT molecular complexity index is 848. The number of Topliss-reactive ketones (excluding diaryl/α,β-unsaturated/α-hetero) is 1. The van der Waals surface area contributed by atoms with Gasteiger partial charge in [-0.2, -0.15) is 0 Å². The van der Waals surface area contributed by atoms with Crippen LogP contribution in [0.15, 0.2) is 65.8 Å². The second-order valence-electron chi connectivity index (χ2n) is 6.46. The lowest BCUT2D eigenvalue weighted by Crippen LogP contribution is -2.20. The van der Waals surface area contributed by atoms with Gasteiger partial charge in [-0.05, 0) is 35.1 Å². The maximum absolute atomic E-state index is 12.3. The van der Waals surface area contributed by atoms with Crippen LogP contribution in [-0.2, 0) is 11.3 Å². The zero-order valence-corrected chi connectivity index (χ0v) is 14.5. The first-order valence-electron chi connectivity index (χ1n) is 8.65. The lowest BCUT2D eigenvalue weighted by molar-refractivity contribution is -0.114. The second kappa shape index (κ2) is 8.87.